The third-order valence-corrected chi connectivity index (χ3v) is 3.44. The number of rotatable bonds is 1. The second kappa shape index (κ2) is 3.80. The summed E-state index contributed by atoms with van der Waals surface area (Å²) in [5.41, 5.74) is 2.67. The van der Waals surface area contributed by atoms with E-state index < -0.39 is 0 Å². The molecule has 0 bridgehead atoms. The normalized spacial score (nSPS) is 20.4. The first-order valence-corrected chi connectivity index (χ1v) is 6.03. The van der Waals surface area contributed by atoms with E-state index in [1.807, 2.05) is 6.20 Å². The predicted molar refractivity (Wildman–Crippen MR) is 60.1 cm³/mol. The molecular formula is C12H17N3. The van der Waals surface area contributed by atoms with Crippen molar-refractivity contribution in [3.8, 4) is 0 Å². The molecule has 0 aromatic carbocycles. The molecule has 3 nitrogen and oxygen atoms in total. The number of nitrogens with zero attached hydrogens (tertiary/aromatic N) is 3. The van der Waals surface area contributed by atoms with Gasteiger partial charge in [0, 0.05) is 25.0 Å². The maximum atomic E-state index is 4.69. The Morgan fingerprint density at radius 3 is 2.73 bits per heavy atom. The molecule has 1 aliphatic carbocycles. The summed E-state index contributed by atoms with van der Waals surface area (Å²) >= 11 is 0. The van der Waals surface area contributed by atoms with Gasteiger partial charge in [-0.3, -0.25) is 0 Å². The van der Waals surface area contributed by atoms with Gasteiger partial charge >= 0.3 is 0 Å². The molecular weight excluding hydrogens is 186 g/mol. The van der Waals surface area contributed by atoms with E-state index in [2.05, 4.69) is 9.88 Å². The molecule has 1 aromatic rings. The monoisotopic (exact) mass is 203 g/mol. The van der Waals surface area contributed by atoms with Crippen LogP contribution in [0.5, 0.6) is 0 Å². The van der Waals surface area contributed by atoms with E-state index in [-0.39, 0.29) is 0 Å². The first kappa shape index (κ1) is 9.13. The van der Waals surface area contributed by atoms with Crippen molar-refractivity contribution in [2.45, 2.75) is 38.5 Å². The zero-order chi connectivity index (χ0) is 10.1. The summed E-state index contributed by atoms with van der Waals surface area (Å²) in [6.45, 7) is 2.28. The average molecular weight is 203 g/mol. The number of anilines is 1. The molecule has 0 unspecified atom stereocenters. The van der Waals surface area contributed by atoms with Crippen LogP contribution < -0.4 is 4.90 Å². The average Bonchev–Trinajstić information content (AvgIpc) is 2.77. The summed E-state index contributed by atoms with van der Waals surface area (Å²) in [5, 5.41) is 0. The lowest BCUT2D eigenvalue weighted by atomic mass is 10.1. The summed E-state index contributed by atoms with van der Waals surface area (Å²) < 4.78 is 0. The molecule has 3 rings (SSSR count). The second-order valence-corrected chi connectivity index (χ2v) is 4.54. The minimum Gasteiger partial charge on any atom is -0.341 e. The van der Waals surface area contributed by atoms with Crippen molar-refractivity contribution in [1.29, 1.82) is 0 Å². The molecule has 2 heterocycles. The van der Waals surface area contributed by atoms with Gasteiger partial charge in [-0.15, -0.1) is 0 Å². The van der Waals surface area contributed by atoms with Gasteiger partial charge in [0.15, 0.2) is 0 Å². The molecule has 2 aliphatic rings. The van der Waals surface area contributed by atoms with E-state index in [4.69, 9.17) is 4.98 Å². The molecule has 80 valence electrons. The molecule has 1 aromatic heterocycles. The lowest BCUT2D eigenvalue weighted by Crippen LogP contribution is -2.31. The van der Waals surface area contributed by atoms with E-state index in [0.717, 1.165) is 25.5 Å². The highest BCUT2D eigenvalue weighted by Crippen LogP contribution is 2.22. The third kappa shape index (κ3) is 1.71. The Morgan fingerprint density at radius 2 is 1.87 bits per heavy atom. The molecule has 3 heteroatoms. The molecule has 1 saturated heterocycles. The quantitative estimate of drug-likeness (QED) is 0.698. The summed E-state index contributed by atoms with van der Waals surface area (Å²) in [7, 11) is 0. The molecule has 0 radical (unpaired) electrons. The first-order chi connectivity index (χ1) is 7.43. The van der Waals surface area contributed by atoms with Crippen LogP contribution in [0.25, 0.3) is 0 Å². The van der Waals surface area contributed by atoms with E-state index in [0.29, 0.717) is 0 Å². The second-order valence-electron chi connectivity index (χ2n) is 4.54. The lowest BCUT2D eigenvalue weighted by Gasteiger charge is -2.26. The Kier molecular flexibility index (Phi) is 2.31. The van der Waals surface area contributed by atoms with Crippen LogP contribution in [0.3, 0.4) is 0 Å². The van der Waals surface area contributed by atoms with Crippen LogP contribution in [0.4, 0.5) is 5.95 Å². The number of piperidine rings is 1. The number of aryl methyl sites for hydroxylation is 2. The minimum absolute atomic E-state index is 0.968. The van der Waals surface area contributed by atoms with Crippen molar-refractivity contribution in [2.75, 3.05) is 18.0 Å². The molecule has 0 atom stereocenters. The Bertz CT molecular complexity index is 356. The minimum atomic E-state index is 0.968. The molecule has 0 amide bonds. The highest BCUT2D eigenvalue weighted by atomic mass is 15.2. The lowest BCUT2D eigenvalue weighted by molar-refractivity contribution is 0.567. The standard InChI is InChI=1S/C12H17N3/c1-2-7-15(8-3-1)12-13-9-10-5-4-6-11(10)14-12/h9H,1-8H2. The predicted octanol–water partition coefficient (Wildman–Crippen LogP) is 1.96. The SMILES string of the molecule is c1nc(N2CCCCC2)nc2c1CCC2. The molecule has 0 spiro atoms. The fourth-order valence-corrected chi connectivity index (χ4v) is 2.55. The van der Waals surface area contributed by atoms with Gasteiger partial charge in [-0.25, -0.2) is 9.97 Å². The summed E-state index contributed by atoms with van der Waals surface area (Å²) in [5.74, 6) is 0.968. The van der Waals surface area contributed by atoms with E-state index in [9.17, 15) is 0 Å². The Hall–Kier alpha value is -1.12. The largest absolute Gasteiger partial charge is 0.341 e. The summed E-state index contributed by atoms with van der Waals surface area (Å²) in [4.78, 5) is 11.5. The van der Waals surface area contributed by atoms with Gasteiger partial charge in [0.2, 0.25) is 5.95 Å². The Labute approximate surface area is 90.5 Å². The molecule has 0 saturated carbocycles. The fourth-order valence-electron chi connectivity index (χ4n) is 2.55. The van der Waals surface area contributed by atoms with E-state index in [1.54, 1.807) is 0 Å². The van der Waals surface area contributed by atoms with Gasteiger partial charge < -0.3 is 4.90 Å². The fraction of sp³-hybridized carbons (Fsp3) is 0.667. The Morgan fingerprint density at radius 1 is 1.00 bits per heavy atom. The van der Waals surface area contributed by atoms with Gasteiger partial charge in [-0.1, -0.05) is 0 Å². The van der Waals surface area contributed by atoms with E-state index in [1.165, 1.54) is 43.4 Å². The highest BCUT2D eigenvalue weighted by molar-refractivity contribution is 5.35. The zero-order valence-corrected chi connectivity index (χ0v) is 9.08. The first-order valence-electron chi connectivity index (χ1n) is 6.03. The zero-order valence-electron chi connectivity index (χ0n) is 9.08. The third-order valence-electron chi connectivity index (χ3n) is 3.44. The number of hydrogen-bond donors (Lipinski definition) is 0. The van der Waals surface area contributed by atoms with Crippen LogP contribution >= 0.6 is 0 Å². The molecule has 1 fully saturated rings. The van der Waals surface area contributed by atoms with Crippen LogP contribution in [0.15, 0.2) is 6.20 Å². The van der Waals surface area contributed by atoms with Crippen LogP contribution in [0, 0.1) is 0 Å². The molecule has 1 aliphatic heterocycles. The number of hydrogen-bond acceptors (Lipinski definition) is 3. The topological polar surface area (TPSA) is 29.0 Å². The van der Waals surface area contributed by atoms with Crippen LogP contribution in [0.1, 0.15) is 36.9 Å². The van der Waals surface area contributed by atoms with E-state index >= 15 is 0 Å². The summed E-state index contributed by atoms with van der Waals surface area (Å²) in [6, 6.07) is 0. The molecule has 15 heavy (non-hydrogen) atoms. The number of aromatic nitrogens is 2. The Balaban J connectivity index is 1.85. The van der Waals surface area contributed by atoms with Crippen molar-refractivity contribution in [2.24, 2.45) is 0 Å². The van der Waals surface area contributed by atoms with Gasteiger partial charge in [-0.2, -0.15) is 0 Å². The van der Waals surface area contributed by atoms with Crippen molar-refractivity contribution >= 4 is 5.95 Å². The number of fused-ring (bicyclic) bond motifs is 1. The maximum Gasteiger partial charge on any atom is 0.225 e. The van der Waals surface area contributed by atoms with Gasteiger partial charge in [0.05, 0.1) is 0 Å². The van der Waals surface area contributed by atoms with Crippen molar-refractivity contribution < 1.29 is 0 Å². The van der Waals surface area contributed by atoms with Crippen molar-refractivity contribution in [3.05, 3.63) is 17.5 Å². The molecule has 0 N–H and O–H groups in total. The van der Waals surface area contributed by atoms with Gasteiger partial charge in [0.1, 0.15) is 0 Å². The van der Waals surface area contributed by atoms with Crippen LogP contribution in [-0.4, -0.2) is 23.1 Å². The van der Waals surface area contributed by atoms with Crippen LogP contribution in [0.2, 0.25) is 0 Å². The highest BCUT2D eigenvalue weighted by Gasteiger charge is 2.17. The van der Waals surface area contributed by atoms with Crippen molar-refractivity contribution in [1.82, 2.24) is 9.97 Å². The smallest absolute Gasteiger partial charge is 0.225 e. The van der Waals surface area contributed by atoms with Crippen molar-refractivity contribution in [3.63, 3.8) is 0 Å². The maximum absolute atomic E-state index is 4.69. The van der Waals surface area contributed by atoms with Gasteiger partial charge in [0.25, 0.3) is 0 Å². The summed E-state index contributed by atoms with van der Waals surface area (Å²) in [6.07, 6.45) is 9.57. The van der Waals surface area contributed by atoms with Crippen LogP contribution in [-0.2, 0) is 12.8 Å². The van der Waals surface area contributed by atoms with Gasteiger partial charge in [-0.05, 0) is 44.1 Å².